The molecule has 5 heteroatoms. The van der Waals surface area contributed by atoms with Crippen LogP contribution in [0.2, 0.25) is 0 Å². The predicted molar refractivity (Wildman–Crippen MR) is 53.3 cm³/mol. The number of H-pyrrole nitrogens is 1. The fourth-order valence-electron chi connectivity index (χ4n) is 1.21. The van der Waals surface area contributed by atoms with E-state index in [9.17, 15) is 4.79 Å². The molecule has 0 unspecified atom stereocenters. The molecule has 0 bridgehead atoms. The molecule has 3 N–H and O–H groups in total. The first-order valence-electron chi connectivity index (χ1n) is 4.18. The minimum Gasteiger partial charge on any atom is -0.393 e. The maximum atomic E-state index is 11.6. The van der Waals surface area contributed by atoms with E-state index in [1.807, 2.05) is 0 Å². The van der Waals surface area contributed by atoms with Crippen LogP contribution < -0.4 is 11.3 Å². The Morgan fingerprint density at radius 3 is 2.79 bits per heavy atom. The molecule has 0 aromatic carbocycles. The van der Waals surface area contributed by atoms with Gasteiger partial charge in [0.25, 0.3) is 5.56 Å². The number of anilines is 1. The summed E-state index contributed by atoms with van der Waals surface area (Å²) in [4.78, 5) is 15.6. The summed E-state index contributed by atoms with van der Waals surface area (Å²) in [6.45, 7) is 1.75. The third-order valence-electron chi connectivity index (χ3n) is 2.00. The molecular weight excluding hydrogens is 180 g/mol. The summed E-state index contributed by atoms with van der Waals surface area (Å²) < 4.78 is 1.32. The number of aromatic amines is 1. The molecule has 72 valence electrons. The van der Waals surface area contributed by atoms with Crippen LogP contribution in [0.25, 0.3) is 5.82 Å². The number of hydrogen-bond donors (Lipinski definition) is 2. The number of rotatable bonds is 1. The molecule has 0 amide bonds. The van der Waals surface area contributed by atoms with Gasteiger partial charge in [0, 0.05) is 6.20 Å². The molecule has 2 aromatic rings. The SMILES string of the molecule is Cc1[nH]n(-c2ccccn2)c(=O)c1N. The fourth-order valence-corrected chi connectivity index (χ4v) is 1.21. The van der Waals surface area contributed by atoms with E-state index in [0.29, 0.717) is 11.5 Å². The standard InChI is InChI=1S/C9H10N4O/c1-6-8(10)9(14)13(12-6)7-4-2-3-5-11-7/h2-5,12H,10H2,1H3. The first-order chi connectivity index (χ1) is 6.70. The predicted octanol–water partition coefficient (Wildman–Crippen LogP) is 0.451. The van der Waals surface area contributed by atoms with Crippen molar-refractivity contribution in [2.45, 2.75) is 6.92 Å². The highest BCUT2D eigenvalue weighted by Gasteiger charge is 2.08. The molecule has 0 fully saturated rings. The second-order valence-corrected chi connectivity index (χ2v) is 2.98. The largest absolute Gasteiger partial charge is 0.393 e. The number of nitrogens with two attached hydrogens (primary N) is 1. The van der Waals surface area contributed by atoms with E-state index in [-0.39, 0.29) is 11.2 Å². The molecule has 0 aliphatic rings. The Kier molecular flexibility index (Phi) is 1.85. The Balaban J connectivity index is 2.64. The van der Waals surface area contributed by atoms with Gasteiger partial charge in [-0.3, -0.25) is 9.89 Å². The summed E-state index contributed by atoms with van der Waals surface area (Å²) >= 11 is 0. The highest BCUT2D eigenvalue weighted by atomic mass is 16.1. The molecule has 0 atom stereocenters. The van der Waals surface area contributed by atoms with Gasteiger partial charge in [-0.1, -0.05) is 6.07 Å². The summed E-state index contributed by atoms with van der Waals surface area (Å²) in [6.07, 6.45) is 1.62. The topological polar surface area (TPSA) is 76.7 Å². The number of aromatic nitrogens is 3. The third-order valence-corrected chi connectivity index (χ3v) is 2.00. The third kappa shape index (κ3) is 1.19. The molecule has 0 aliphatic carbocycles. The summed E-state index contributed by atoms with van der Waals surface area (Å²) in [5, 5.41) is 2.85. The van der Waals surface area contributed by atoms with Crippen LogP contribution in [0.5, 0.6) is 0 Å². The number of nitrogens with zero attached hydrogens (tertiary/aromatic N) is 2. The van der Waals surface area contributed by atoms with Gasteiger partial charge in [-0.25, -0.2) is 4.98 Å². The van der Waals surface area contributed by atoms with Gasteiger partial charge in [-0.05, 0) is 19.1 Å². The minimum atomic E-state index is -0.263. The van der Waals surface area contributed by atoms with Crippen LogP contribution in [0, 0.1) is 6.92 Å². The second-order valence-electron chi connectivity index (χ2n) is 2.98. The van der Waals surface area contributed by atoms with E-state index in [4.69, 9.17) is 5.73 Å². The molecule has 0 radical (unpaired) electrons. The van der Waals surface area contributed by atoms with Crippen molar-refractivity contribution in [3.8, 4) is 5.82 Å². The molecule has 0 saturated carbocycles. The molecule has 2 heterocycles. The van der Waals surface area contributed by atoms with E-state index >= 15 is 0 Å². The molecule has 2 aromatic heterocycles. The van der Waals surface area contributed by atoms with Crippen molar-refractivity contribution in [2.75, 3.05) is 5.73 Å². The zero-order valence-electron chi connectivity index (χ0n) is 7.69. The zero-order chi connectivity index (χ0) is 10.1. The number of pyridine rings is 1. The van der Waals surface area contributed by atoms with Crippen LogP contribution in [0.15, 0.2) is 29.2 Å². The maximum Gasteiger partial charge on any atom is 0.296 e. The van der Waals surface area contributed by atoms with Crippen molar-refractivity contribution >= 4 is 5.69 Å². The summed E-state index contributed by atoms with van der Waals surface area (Å²) in [5.41, 5.74) is 6.17. The molecule has 5 nitrogen and oxygen atoms in total. The van der Waals surface area contributed by atoms with Crippen molar-refractivity contribution < 1.29 is 0 Å². The van der Waals surface area contributed by atoms with Gasteiger partial charge in [0.2, 0.25) is 0 Å². The lowest BCUT2D eigenvalue weighted by Crippen LogP contribution is -2.17. The lowest BCUT2D eigenvalue weighted by atomic mass is 10.4. The molecule has 0 aliphatic heterocycles. The van der Waals surface area contributed by atoms with E-state index in [1.54, 1.807) is 31.3 Å². The van der Waals surface area contributed by atoms with Crippen molar-refractivity contribution in [3.63, 3.8) is 0 Å². The Morgan fingerprint density at radius 1 is 1.50 bits per heavy atom. The molecule has 14 heavy (non-hydrogen) atoms. The Morgan fingerprint density at radius 2 is 2.29 bits per heavy atom. The van der Waals surface area contributed by atoms with Gasteiger partial charge in [0.15, 0.2) is 5.82 Å². The average molecular weight is 190 g/mol. The monoisotopic (exact) mass is 190 g/mol. The average Bonchev–Trinajstić information content (AvgIpc) is 2.47. The van der Waals surface area contributed by atoms with Crippen molar-refractivity contribution in [3.05, 3.63) is 40.4 Å². The normalized spacial score (nSPS) is 10.4. The van der Waals surface area contributed by atoms with E-state index < -0.39 is 0 Å². The summed E-state index contributed by atoms with van der Waals surface area (Å²) in [5.74, 6) is 0.539. The number of aryl methyl sites for hydroxylation is 1. The van der Waals surface area contributed by atoms with Crippen LogP contribution in [-0.2, 0) is 0 Å². The molecule has 2 rings (SSSR count). The van der Waals surface area contributed by atoms with E-state index in [2.05, 4.69) is 10.1 Å². The second kappa shape index (κ2) is 3.02. The van der Waals surface area contributed by atoms with Crippen molar-refractivity contribution in [1.29, 1.82) is 0 Å². The van der Waals surface area contributed by atoms with Crippen LogP contribution in [0.4, 0.5) is 5.69 Å². The highest BCUT2D eigenvalue weighted by Crippen LogP contribution is 2.04. The van der Waals surface area contributed by atoms with Gasteiger partial charge in [-0.15, -0.1) is 0 Å². The van der Waals surface area contributed by atoms with Crippen LogP contribution in [0.1, 0.15) is 5.69 Å². The molecule has 0 spiro atoms. The maximum absolute atomic E-state index is 11.6. The minimum absolute atomic E-state index is 0.232. The fraction of sp³-hybridized carbons (Fsp3) is 0.111. The lowest BCUT2D eigenvalue weighted by Gasteiger charge is -1.97. The van der Waals surface area contributed by atoms with Crippen LogP contribution in [0.3, 0.4) is 0 Å². The Labute approximate surface area is 80.2 Å². The van der Waals surface area contributed by atoms with Gasteiger partial charge in [0.1, 0.15) is 5.69 Å². The van der Waals surface area contributed by atoms with E-state index in [1.165, 1.54) is 4.68 Å². The smallest absolute Gasteiger partial charge is 0.296 e. The molecule has 0 saturated heterocycles. The first kappa shape index (κ1) is 8.55. The Hall–Kier alpha value is -2.04. The summed E-state index contributed by atoms with van der Waals surface area (Å²) in [6, 6.07) is 5.33. The van der Waals surface area contributed by atoms with Gasteiger partial charge in [0.05, 0.1) is 5.69 Å². The number of nitrogen functional groups attached to an aromatic ring is 1. The molecular formula is C9H10N4O. The van der Waals surface area contributed by atoms with Crippen LogP contribution in [-0.4, -0.2) is 14.8 Å². The van der Waals surface area contributed by atoms with Gasteiger partial charge >= 0.3 is 0 Å². The Bertz CT molecular complexity index is 497. The zero-order valence-corrected chi connectivity index (χ0v) is 7.69. The highest BCUT2D eigenvalue weighted by molar-refractivity contribution is 5.42. The van der Waals surface area contributed by atoms with Crippen molar-refractivity contribution in [1.82, 2.24) is 14.8 Å². The quantitative estimate of drug-likeness (QED) is 0.685. The lowest BCUT2D eigenvalue weighted by molar-refractivity contribution is 0.807. The van der Waals surface area contributed by atoms with Crippen molar-refractivity contribution in [2.24, 2.45) is 0 Å². The van der Waals surface area contributed by atoms with Crippen LogP contribution >= 0.6 is 0 Å². The number of nitrogens with one attached hydrogen (secondary N) is 1. The summed E-state index contributed by atoms with van der Waals surface area (Å²) in [7, 11) is 0. The first-order valence-corrected chi connectivity index (χ1v) is 4.18. The van der Waals surface area contributed by atoms with Gasteiger partial charge < -0.3 is 5.73 Å². The number of hydrogen-bond acceptors (Lipinski definition) is 3. The van der Waals surface area contributed by atoms with E-state index in [0.717, 1.165) is 0 Å². The van der Waals surface area contributed by atoms with Gasteiger partial charge in [-0.2, -0.15) is 4.68 Å².